The van der Waals surface area contributed by atoms with E-state index in [-0.39, 0.29) is 5.91 Å². The van der Waals surface area contributed by atoms with Crippen molar-refractivity contribution in [1.29, 1.82) is 0 Å². The number of rotatable bonds is 4. The molecule has 4 rings (SSSR count). The Kier molecular flexibility index (Phi) is 5.47. The van der Waals surface area contributed by atoms with Gasteiger partial charge in [0.25, 0.3) is 5.91 Å². The molecule has 3 aromatic rings. The van der Waals surface area contributed by atoms with Crippen molar-refractivity contribution in [2.75, 3.05) is 0 Å². The molecule has 1 amide bonds. The van der Waals surface area contributed by atoms with E-state index in [4.69, 9.17) is 0 Å². The fourth-order valence-electron chi connectivity index (χ4n) is 3.84. The first-order valence-electron chi connectivity index (χ1n) is 9.98. The first-order valence-corrected chi connectivity index (χ1v) is 9.98. The first-order chi connectivity index (χ1) is 13.3. The summed E-state index contributed by atoms with van der Waals surface area (Å²) in [6, 6.07) is 16.1. The number of benzene rings is 2. The van der Waals surface area contributed by atoms with Crippen LogP contribution in [0.3, 0.4) is 0 Å². The molecule has 0 atom stereocenters. The monoisotopic (exact) mass is 362 g/mol. The van der Waals surface area contributed by atoms with Crippen molar-refractivity contribution >= 4 is 16.9 Å². The van der Waals surface area contributed by atoms with Crippen LogP contribution in [-0.2, 0) is 6.54 Å². The molecular formula is C22H26N4O. The summed E-state index contributed by atoms with van der Waals surface area (Å²) in [7, 11) is 0. The van der Waals surface area contributed by atoms with E-state index < -0.39 is 0 Å². The Balaban J connectivity index is 1.40. The van der Waals surface area contributed by atoms with Gasteiger partial charge in [-0.1, -0.05) is 61.6 Å². The lowest BCUT2D eigenvalue weighted by molar-refractivity contribution is 0.0930. The van der Waals surface area contributed by atoms with Gasteiger partial charge in [0.1, 0.15) is 5.52 Å². The topological polar surface area (TPSA) is 59.8 Å². The molecule has 140 valence electrons. The number of carbonyl (C=O) groups excluding carboxylic acids is 1. The number of hydrogen-bond acceptors (Lipinski definition) is 3. The number of hydrogen-bond donors (Lipinski definition) is 1. The van der Waals surface area contributed by atoms with Crippen LogP contribution in [0.1, 0.15) is 60.9 Å². The summed E-state index contributed by atoms with van der Waals surface area (Å²) >= 11 is 0. The van der Waals surface area contributed by atoms with Gasteiger partial charge in [-0.05, 0) is 42.7 Å². The molecule has 0 bridgehead atoms. The second kappa shape index (κ2) is 8.33. The van der Waals surface area contributed by atoms with Crippen LogP contribution in [0.25, 0.3) is 11.0 Å². The minimum atomic E-state index is 0.0401. The number of aromatic nitrogens is 3. The van der Waals surface area contributed by atoms with Crippen molar-refractivity contribution in [3.63, 3.8) is 0 Å². The standard InChI is InChI=1S/C22H26N4O/c27-22(23-19-8-4-2-1-3-5-9-19)18-14-12-17(13-15-18)16-26-21-11-7-6-10-20(21)24-25-26/h6-7,10-15,19H,1-5,8-9,16H2,(H,23,27). The normalized spacial score (nSPS) is 16.0. The van der Waals surface area contributed by atoms with Crippen LogP contribution in [0.5, 0.6) is 0 Å². The lowest BCUT2D eigenvalue weighted by Gasteiger charge is -2.21. The highest BCUT2D eigenvalue weighted by atomic mass is 16.1. The maximum absolute atomic E-state index is 12.6. The third-order valence-electron chi connectivity index (χ3n) is 5.41. The number of para-hydroxylation sites is 1. The fourth-order valence-corrected chi connectivity index (χ4v) is 3.84. The van der Waals surface area contributed by atoms with Gasteiger partial charge in [-0.3, -0.25) is 4.79 Å². The molecule has 0 saturated heterocycles. The fraction of sp³-hybridized carbons (Fsp3) is 0.409. The number of nitrogens with one attached hydrogen (secondary N) is 1. The van der Waals surface area contributed by atoms with Crippen molar-refractivity contribution in [3.8, 4) is 0 Å². The highest BCUT2D eigenvalue weighted by Gasteiger charge is 2.15. The second-order valence-electron chi connectivity index (χ2n) is 7.45. The molecule has 2 aromatic carbocycles. The number of nitrogens with zero attached hydrogens (tertiary/aromatic N) is 3. The second-order valence-corrected chi connectivity index (χ2v) is 7.45. The Morgan fingerprint density at radius 3 is 2.44 bits per heavy atom. The summed E-state index contributed by atoms with van der Waals surface area (Å²) in [6.07, 6.45) is 8.55. The molecule has 5 nitrogen and oxygen atoms in total. The molecule has 1 aromatic heterocycles. The van der Waals surface area contributed by atoms with Crippen LogP contribution in [0, 0.1) is 0 Å². The summed E-state index contributed by atoms with van der Waals surface area (Å²) < 4.78 is 1.89. The SMILES string of the molecule is O=C(NC1CCCCCCC1)c1ccc(Cn2nnc3ccccc32)cc1. The smallest absolute Gasteiger partial charge is 0.251 e. The van der Waals surface area contributed by atoms with Crippen LogP contribution in [0.4, 0.5) is 0 Å². The Morgan fingerprint density at radius 2 is 1.67 bits per heavy atom. The first kappa shape index (κ1) is 17.7. The molecule has 1 aliphatic rings. The number of fused-ring (bicyclic) bond motifs is 1. The van der Waals surface area contributed by atoms with Crippen molar-refractivity contribution in [2.24, 2.45) is 0 Å². The molecule has 0 unspecified atom stereocenters. The maximum atomic E-state index is 12.6. The van der Waals surface area contributed by atoms with Crippen molar-refractivity contribution in [3.05, 3.63) is 59.7 Å². The van der Waals surface area contributed by atoms with E-state index in [2.05, 4.69) is 15.6 Å². The molecule has 1 N–H and O–H groups in total. The van der Waals surface area contributed by atoms with Gasteiger partial charge >= 0.3 is 0 Å². The third-order valence-corrected chi connectivity index (χ3v) is 5.41. The van der Waals surface area contributed by atoms with Crippen LogP contribution in [0.2, 0.25) is 0 Å². The summed E-state index contributed by atoms with van der Waals surface area (Å²) in [5.74, 6) is 0.0401. The van der Waals surface area contributed by atoms with Crippen LogP contribution in [0.15, 0.2) is 48.5 Å². The Morgan fingerprint density at radius 1 is 0.963 bits per heavy atom. The summed E-state index contributed by atoms with van der Waals surface area (Å²) in [4.78, 5) is 12.6. The predicted octanol–water partition coefficient (Wildman–Crippen LogP) is 4.32. The van der Waals surface area contributed by atoms with Gasteiger partial charge in [-0.25, -0.2) is 4.68 Å². The lowest BCUT2D eigenvalue weighted by Crippen LogP contribution is -2.35. The van der Waals surface area contributed by atoms with E-state index >= 15 is 0 Å². The molecule has 0 aliphatic heterocycles. The van der Waals surface area contributed by atoms with Gasteiger partial charge in [0.15, 0.2) is 0 Å². The zero-order valence-electron chi connectivity index (χ0n) is 15.6. The van der Waals surface area contributed by atoms with Gasteiger partial charge in [-0.2, -0.15) is 0 Å². The van der Waals surface area contributed by atoms with E-state index in [0.29, 0.717) is 12.6 Å². The largest absolute Gasteiger partial charge is 0.349 e. The van der Waals surface area contributed by atoms with Gasteiger partial charge in [-0.15, -0.1) is 5.10 Å². The van der Waals surface area contributed by atoms with Crippen molar-refractivity contribution in [2.45, 2.75) is 57.5 Å². The van der Waals surface area contributed by atoms with Crippen LogP contribution >= 0.6 is 0 Å². The summed E-state index contributed by atoms with van der Waals surface area (Å²) in [5, 5.41) is 11.6. The zero-order valence-corrected chi connectivity index (χ0v) is 15.6. The van der Waals surface area contributed by atoms with E-state index in [1.807, 2.05) is 53.2 Å². The van der Waals surface area contributed by atoms with E-state index in [0.717, 1.165) is 35.0 Å². The van der Waals surface area contributed by atoms with Gasteiger partial charge < -0.3 is 5.32 Å². The molecule has 1 saturated carbocycles. The minimum Gasteiger partial charge on any atom is -0.349 e. The zero-order chi connectivity index (χ0) is 18.5. The van der Waals surface area contributed by atoms with Gasteiger partial charge in [0.2, 0.25) is 0 Å². The highest BCUT2D eigenvalue weighted by Crippen LogP contribution is 2.18. The van der Waals surface area contributed by atoms with Crippen molar-refractivity contribution in [1.82, 2.24) is 20.3 Å². The van der Waals surface area contributed by atoms with E-state index in [1.165, 1.54) is 32.1 Å². The van der Waals surface area contributed by atoms with Gasteiger partial charge in [0, 0.05) is 11.6 Å². The Labute approximate surface area is 159 Å². The maximum Gasteiger partial charge on any atom is 0.251 e. The van der Waals surface area contributed by atoms with Gasteiger partial charge in [0.05, 0.1) is 12.1 Å². The molecule has 5 heteroatoms. The highest BCUT2D eigenvalue weighted by molar-refractivity contribution is 5.94. The Hall–Kier alpha value is -2.69. The molecule has 0 radical (unpaired) electrons. The molecule has 1 aliphatic carbocycles. The minimum absolute atomic E-state index is 0.0401. The molecule has 1 heterocycles. The molecular weight excluding hydrogens is 336 g/mol. The quantitative estimate of drug-likeness (QED) is 0.752. The van der Waals surface area contributed by atoms with Crippen LogP contribution < -0.4 is 5.32 Å². The van der Waals surface area contributed by atoms with E-state index in [1.54, 1.807) is 0 Å². The lowest BCUT2D eigenvalue weighted by atomic mass is 9.96. The molecule has 1 fully saturated rings. The molecule has 0 spiro atoms. The van der Waals surface area contributed by atoms with E-state index in [9.17, 15) is 4.79 Å². The average Bonchev–Trinajstić information content (AvgIpc) is 3.07. The number of amides is 1. The average molecular weight is 362 g/mol. The number of carbonyl (C=O) groups is 1. The Bertz CT molecular complexity index is 892. The van der Waals surface area contributed by atoms with Crippen LogP contribution in [-0.4, -0.2) is 26.9 Å². The van der Waals surface area contributed by atoms with Crippen molar-refractivity contribution < 1.29 is 4.79 Å². The molecule has 27 heavy (non-hydrogen) atoms. The summed E-state index contributed by atoms with van der Waals surface area (Å²) in [6.45, 7) is 0.644. The third kappa shape index (κ3) is 4.35. The summed E-state index contributed by atoms with van der Waals surface area (Å²) in [5.41, 5.74) is 3.74. The predicted molar refractivity (Wildman–Crippen MR) is 107 cm³/mol.